The lowest BCUT2D eigenvalue weighted by molar-refractivity contribution is -0.141. The molecule has 16 heavy (non-hydrogen) atoms. The Hall–Kier alpha value is -0.750. The first kappa shape index (κ1) is 13.3. The minimum Gasteiger partial charge on any atom is -0.357 e. The number of nitrogens with one attached hydrogen (secondary N) is 2. The molecule has 1 atom stereocenters. The van der Waals surface area contributed by atoms with Crippen LogP contribution in [0.3, 0.4) is 0 Å². The first-order valence-corrected chi connectivity index (χ1v) is 6.80. The van der Waals surface area contributed by atoms with E-state index in [9.17, 15) is 9.59 Å². The molecule has 0 bridgehead atoms. The predicted molar refractivity (Wildman–Crippen MR) is 65.4 cm³/mol. The van der Waals surface area contributed by atoms with Crippen LogP contribution in [0.1, 0.15) is 6.42 Å². The highest BCUT2D eigenvalue weighted by atomic mass is 32.2. The lowest BCUT2D eigenvalue weighted by Crippen LogP contribution is -2.59. The molecule has 1 heterocycles. The van der Waals surface area contributed by atoms with E-state index in [1.807, 2.05) is 6.26 Å². The van der Waals surface area contributed by atoms with Crippen LogP contribution >= 0.6 is 11.8 Å². The van der Waals surface area contributed by atoms with E-state index in [0.29, 0.717) is 19.5 Å². The number of rotatable bonds is 4. The molecule has 0 aromatic rings. The molecule has 6 heteroatoms. The van der Waals surface area contributed by atoms with Gasteiger partial charge >= 0.3 is 0 Å². The average molecular weight is 245 g/mol. The van der Waals surface area contributed by atoms with E-state index in [1.165, 1.54) is 0 Å². The zero-order valence-electron chi connectivity index (χ0n) is 9.78. The Morgan fingerprint density at radius 3 is 2.94 bits per heavy atom. The number of likely N-dealkylation sites (N-methyl/N-ethyl adjacent to an activating group) is 1. The second kappa shape index (κ2) is 6.75. The Morgan fingerprint density at radius 2 is 2.31 bits per heavy atom. The van der Waals surface area contributed by atoms with Gasteiger partial charge in [-0.05, 0) is 6.26 Å². The van der Waals surface area contributed by atoms with Gasteiger partial charge in [-0.15, -0.1) is 0 Å². The summed E-state index contributed by atoms with van der Waals surface area (Å²) < 4.78 is 0. The van der Waals surface area contributed by atoms with E-state index in [4.69, 9.17) is 0 Å². The molecule has 0 aliphatic carbocycles. The van der Waals surface area contributed by atoms with Crippen LogP contribution in [-0.4, -0.2) is 61.4 Å². The van der Waals surface area contributed by atoms with Crippen LogP contribution in [0.5, 0.6) is 0 Å². The van der Waals surface area contributed by atoms with Crippen molar-refractivity contribution in [3.63, 3.8) is 0 Å². The third-order valence-corrected chi connectivity index (χ3v) is 3.25. The van der Waals surface area contributed by atoms with Gasteiger partial charge in [0, 0.05) is 38.9 Å². The van der Waals surface area contributed by atoms with Gasteiger partial charge in [-0.2, -0.15) is 11.8 Å². The fourth-order valence-corrected chi connectivity index (χ4v) is 2.12. The Bertz CT molecular complexity index is 260. The van der Waals surface area contributed by atoms with Crippen molar-refractivity contribution in [1.82, 2.24) is 15.5 Å². The molecular weight excluding hydrogens is 226 g/mol. The maximum atomic E-state index is 11.9. The number of amides is 2. The third-order valence-electron chi connectivity index (χ3n) is 2.63. The number of hydrogen-bond acceptors (Lipinski definition) is 4. The van der Waals surface area contributed by atoms with Gasteiger partial charge in [0.1, 0.15) is 6.04 Å². The van der Waals surface area contributed by atoms with E-state index in [0.717, 1.165) is 12.3 Å². The van der Waals surface area contributed by atoms with Gasteiger partial charge in [0.2, 0.25) is 11.8 Å². The van der Waals surface area contributed by atoms with E-state index in [-0.39, 0.29) is 17.9 Å². The van der Waals surface area contributed by atoms with Crippen LogP contribution in [0.25, 0.3) is 0 Å². The van der Waals surface area contributed by atoms with E-state index in [1.54, 1.807) is 23.7 Å². The summed E-state index contributed by atoms with van der Waals surface area (Å²) in [7, 11) is 1.60. The third kappa shape index (κ3) is 3.38. The standard InChI is InChI=1S/C10H19N3O2S/c1-11-10(15)8-7-12-4-5-13(8)9(14)3-6-16-2/h8,12H,3-7H2,1-2H3,(H,11,15). The number of carbonyl (C=O) groups is 2. The molecule has 0 aromatic carbocycles. The highest BCUT2D eigenvalue weighted by Crippen LogP contribution is 2.08. The lowest BCUT2D eigenvalue weighted by atomic mass is 10.1. The fraction of sp³-hybridized carbons (Fsp3) is 0.800. The lowest BCUT2D eigenvalue weighted by Gasteiger charge is -2.35. The quantitative estimate of drug-likeness (QED) is 0.686. The number of piperazine rings is 1. The Balaban J connectivity index is 2.59. The molecule has 0 saturated carbocycles. The minimum atomic E-state index is -0.354. The van der Waals surface area contributed by atoms with Gasteiger partial charge in [-0.3, -0.25) is 9.59 Å². The van der Waals surface area contributed by atoms with Crippen molar-refractivity contribution in [2.75, 3.05) is 38.7 Å². The molecule has 92 valence electrons. The first-order valence-electron chi connectivity index (χ1n) is 5.41. The largest absolute Gasteiger partial charge is 0.357 e. The molecule has 0 spiro atoms. The highest BCUT2D eigenvalue weighted by molar-refractivity contribution is 7.98. The molecule has 0 radical (unpaired) electrons. The van der Waals surface area contributed by atoms with Crippen LogP contribution in [-0.2, 0) is 9.59 Å². The van der Waals surface area contributed by atoms with Crippen LogP contribution < -0.4 is 10.6 Å². The van der Waals surface area contributed by atoms with Gasteiger partial charge in [-0.1, -0.05) is 0 Å². The molecule has 2 N–H and O–H groups in total. The number of thioether (sulfide) groups is 1. The topological polar surface area (TPSA) is 61.4 Å². The van der Waals surface area contributed by atoms with Gasteiger partial charge in [-0.25, -0.2) is 0 Å². The molecule has 1 fully saturated rings. The highest BCUT2D eigenvalue weighted by Gasteiger charge is 2.30. The molecule has 1 saturated heterocycles. The Labute approximate surface area is 100 Å². The van der Waals surface area contributed by atoms with Gasteiger partial charge < -0.3 is 15.5 Å². The smallest absolute Gasteiger partial charge is 0.243 e. The normalized spacial score (nSPS) is 20.6. The average Bonchev–Trinajstić information content (AvgIpc) is 2.35. The van der Waals surface area contributed by atoms with Crippen LogP contribution in [0.2, 0.25) is 0 Å². The Morgan fingerprint density at radius 1 is 1.56 bits per heavy atom. The van der Waals surface area contributed by atoms with Crippen LogP contribution in [0.15, 0.2) is 0 Å². The summed E-state index contributed by atoms with van der Waals surface area (Å²) in [6.07, 6.45) is 2.48. The van der Waals surface area contributed by atoms with Crippen molar-refractivity contribution < 1.29 is 9.59 Å². The monoisotopic (exact) mass is 245 g/mol. The van der Waals surface area contributed by atoms with Gasteiger partial charge in [0.25, 0.3) is 0 Å². The molecule has 0 aromatic heterocycles. The number of carbonyl (C=O) groups excluding carboxylic acids is 2. The SMILES string of the molecule is CNC(=O)C1CNCCN1C(=O)CCSC. The molecule has 1 unspecified atom stereocenters. The van der Waals surface area contributed by atoms with Crippen molar-refractivity contribution in [1.29, 1.82) is 0 Å². The number of hydrogen-bond donors (Lipinski definition) is 2. The molecule has 1 rings (SSSR count). The zero-order chi connectivity index (χ0) is 12.0. The van der Waals surface area contributed by atoms with Crippen molar-refractivity contribution in [2.45, 2.75) is 12.5 Å². The van der Waals surface area contributed by atoms with E-state index < -0.39 is 0 Å². The summed E-state index contributed by atoms with van der Waals surface area (Å²) in [5, 5.41) is 5.73. The minimum absolute atomic E-state index is 0.0736. The Kier molecular flexibility index (Phi) is 5.62. The number of nitrogens with zero attached hydrogens (tertiary/aromatic N) is 1. The maximum Gasteiger partial charge on any atom is 0.243 e. The fourth-order valence-electron chi connectivity index (χ4n) is 1.74. The van der Waals surface area contributed by atoms with E-state index >= 15 is 0 Å². The summed E-state index contributed by atoms with van der Waals surface area (Å²) in [6.45, 7) is 1.93. The van der Waals surface area contributed by atoms with Gasteiger partial charge in [0.05, 0.1) is 0 Å². The molecule has 5 nitrogen and oxygen atoms in total. The summed E-state index contributed by atoms with van der Waals surface area (Å²) in [5.74, 6) is 0.789. The van der Waals surface area contributed by atoms with Gasteiger partial charge in [0.15, 0.2) is 0 Å². The van der Waals surface area contributed by atoms with E-state index in [2.05, 4.69) is 10.6 Å². The van der Waals surface area contributed by atoms with Crippen molar-refractivity contribution in [2.24, 2.45) is 0 Å². The second-order valence-corrected chi connectivity index (χ2v) is 4.65. The summed E-state index contributed by atoms with van der Waals surface area (Å²) >= 11 is 1.65. The maximum absolute atomic E-state index is 11.9. The second-order valence-electron chi connectivity index (χ2n) is 3.66. The van der Waals surface area contributed by atoms with Crippen molar-refractivity contribution in [3.8, 4) is 0 Å². The molecule has 1 aliphatic heterocycles. The molecule has 2 amide bonds. The zero-order valence-corrected chi connectivity index (χ0v) is 10.6. The summed E-state index contributed by atoms with van der Waals surface area (Å²) in [6, 6.07) is -0.354. The van der Waals surface area contributed by atoms with Crippen molar-refractivity contribution in [3.05, 3.63) is 0 Å². The van der Waals surface area contributed by atoms with Crippen LogP contribution in [0.4, 0.5) is 0 Å². The first-order chi connectivity index (χ1) is 7.70. The summed E-state index contributed by atoms with van der Waals surface area (Å²) in [4.78, 5) is 25.2. The summed E-state index contributed by atoms with van der Waals surface area (Å²) in [5.41, 5.74) is 0. The predicted octanol–water partition coefficient (Wildman–Crippen LogP) is -0.714. The molecular formula is C10H19N3O2S. The van der Waals surface area contributed by atoms with Crippen LogP contribution in [0, 0.1) is 0 Å². The molecule has 1 aliphatic rings. The van der Waals surface area contributed by atoms with Crippen molar-refractivity contribution >= 4 is 23.6 Å².